The van der Waals surface area contributed by atoms with Gasteiger partial charge >= 0.3 is 6.09 Å². The number of carbonyl (C=O) groups is 1. The van der Waals surface area contributed by atoms with E-state index < -0.39 is 33.7 Å². The van der Waals surface area contributed by atoms with E-state index in [4.69, 9.17) is 19.5 Å². The molecule has 2 unspecified atom stereocenters. The Labute approximate surface area is 264 Å². The van der Waals surface area contributed by atoms with Crippen molar-refractivity contribution >= 4 is 16.1 Å². The van der Waals surface area contributed by atoms with Crippen LogP contribution in [0, 0.1) is 16.7 Å². The lowest BCUT2D eigenvalue weighted by Gasteiger charge is -2.42. The number of hydrogen-bond acceptors (Lipinski definition) is 8. The molecule has 1 aliphatic heterocycles. The van der Waals surface area contributed by atoms with E-state index >= 15 is 0 Å². The van der Waals surface area contributed by atoms with Crippen molar-refractivity contribution in [2.75, 3.05) is 13.3 Å². The van der Waals surface area contributed by atoms with Crippen LogP contribution in [0.5, 0.6) is 17.2 Å². The second kappa shape index (κ2) is 14.6. The molecule has 12 heteroatoms. The first-order chi connectivity index (χ1) is 21.4. The van der Waals surface area contributed by atoms with Crippen molar-refractivity contribution in [2.24, 2.45) is 5.41 Å². The van der Waals surface area contributed by atoms with Crippen LogP contribution >= 0.6 is 0 Å². The molecule has 0 saturated carbocycles. The molecule has 0 bridgehead atoms. The molecule has 11 nitrogen and oxygen atoms in total. The largest absolute Gasteiger partial charge is 0.489 e. The molecule has 45 heavy (non-hydrogen) atoms. The number of amides is 1. The van der Waals surface area contributed by atoms with E-state index in [1.807, 2.05) is 44.2 Å². The number of fused-ring (bicyclic) bond motifs is 1. The molecule has 0 spiro atoms. The molecule has 0 fully saturated rings. The summed E-state index contributed by atoms with van der Waals surface area (Å²) in [6.07, 6.45) is -1.52. The Morgan fingerprint density at radius 1 is 1.04 bits per heavy atom. The summed E-state index contributed by atoms with van der Waals surface area (Å²) in [5, 5.41) is 31.2. The number of sulfonamides is 1. The Morgan fingerprint density at radius 2 is 1.73 bits per heavy atom. The van der Waals surface area contributed by atoms with Gasteiger partial charge in [-0.2, -0.15) is 5.26 Å². The van der Waals surface area contributed by atoms with Gasteiger partial charge in [0.15, 0.2) is 11.5 Å². The summed E-state index contributed by atoms with van der Waals surface area (Å²) >= 11 is 0. The maximum atomic E-state index is 14.3. The van der Waals surface area contributed by atoms with Crippen molar-refractivity contribution in [1.82, 2.24) is 9.42 Å². The predicted octanol–water partition coefficient (Wildman–Crippen LogP) is 5.59. The molecule has 1 amide bonds. The highest BCUT2D eigenvalue weighted by Gasteiger charge is 2.42. The minimum atomic E-state index is -4.50. The van der Waals surface area contributed by atoms with E-state index in [1.165, 1.54) is 25.1 Å². The Balaban J connectivity index is 1.65. The highest BCUT2D eigenvalue weighted by molar-refractivity contribution is 7.89. The van der Waals surface area contributed by atoms with Crippen LogP contribution in [0.4, 0.5) is 4.79 Å². The minimum absolute atomic E-state index is 0.0188. The molecule has 0 aromatic heterocycles. The number of hydrogen-bond donors (Lipinski definition) is 2. The quantitative estimate of drug-likeness (QED) is 0.161. The number of rotatable bonds is 15. The number of unbranched alkanes of at least 4 members (excludes halogenated alkanes) is 1. The topological polar surface area (TPSA) is 150 Å². The second-order valence-corrected chi connectivity index (χ2v) is 13.6. The average Bonchev–Trinajstić information content (AvgIpc) is 3.48. The van der Waals surface area contributed by atoms with Gasteiger partial charge in [0.1, 0.15) is 12.4 Å². The summed E-state index contributed by atoms with van der Waals surface area (Å²) in [6.45, 7) is 5.16. The smallest absolute Gasteiger partial charge is 0.423 e. The van der Waals surface area contributed by atoms with Crippen LogP contribution in [0.1, 0.15) is 51.2 Å². The van der Waals surface area contributed by atoms with Crippen LogP contribution in [0.15, 0.2) is 77.7 Å². The van der Waals surface area contributed by atoms with E-state index in [1.54, 1.807) is 24.3 Å². The van der Waals surface area contributed by atoms with Crippen molar-refractivity contribution in [2.45, 2.75) is 70.1 Å². The summed E-state index contributed by atoms with van der Waals surface area (Å²) in [5.74, 6) is 1.22. The van der Waals surface area contributed by atoms with Crippen LogP contribution in [0.2, 0.25) is 0 Å². The van der Waals surface area contributed by atoms with E-state index in [2.05, 4.69) is 6.07 Å². The average molecular weight is 638 g/mol. The lowest BCUT2D eigenvalue weighted by atomic mass is 9.87. The molecular formula is C33H39N3O8S. The highest BCUT2D eigenvalue weighted by atomic mass is 32.2. The van der Waals surface area contributed by atoms with Gasteiger partial charge in [0.2, 0.25) is 6.79 Å². The van der Waals surface area contributed by atoms with Crippen LogP contribution in [0.3, 0.4) is 0 Å². The minimum Gasteiger partial charge on any atom is -0.489 e. The summed E-state index contributed by atoms with van der Waals surface area (Å²) in [4.78, 5) is 12.8. The molecule has 3 aromatic carbocycles. The van der Waals surface area contributed by atoms with Gasteiger partial charge in [-0.25, -0.2) is 18.2 Å². The van der Waals surface area contributed by atoms with Gasteiger partial charge < -0.3 is 24.4 Å². The second-order valence-electron chi connectivity index (χ2n) is 11.7. The van der Waals surface area contributed by atoms with Crippen LogP contribution in [-0.4, -0.2) is 59.6 Å². The number of aliphatic hydroxyl groups excluding tert-OH is 1. The molecule has 240 valence electrons. The van der Waals surface area contributed by atoms with Crippen LogP contribution in [-0.2, 0) is 23.1 Å². The van der Waals surface area contributed by atoms with Gasteiger partial charge in [0, 0.05) is 19.0 Å². The molecule has 2 N–H and O–H groups in total. The molecule has 2 atom stereocenters. The number of nitrogens with zero attached hydrogens (tertiary/aromatic N) is 3. The molecule has 0 saturated heterocycles. The predicted molar refractivity (Wildman–Crippen MR) is 166 cm³/mol. The molecule has 0 aliphatic carbocycles. The first-order valence-electron chi connectivity index (χ1n) is 14.7. The molecule has 3 aromatic rings. The number of hydrazine groups is 1. The number of nitriles is 1. The van der Waals surface area contributed by atoms with Gasteiger partial charge in [-0.15, -0.1) is 4.41 Å². The maximum Gasteiger partial charge on any atom is 0.423 e. The Morgan fingerprint density at radius 3 is 2.38 bits per heavy atom. The van der Waals surface area contributed by atoms with E-state index in [0.717, 1.165) is 15.0 Å². The third-order valence-corrected chi connectivity index (χ3v) is 9.26. The van der Waals surface area contributed by atoms with Gasteiger partial charge in [-0.1, -0.05) is 56.3 Å². The third-order valence-electron chi connectivity index (χ3n) is 7.55. The summed E-state index contributed by atoms with van der Waals surface area (Å²) in [6, 6.07) is 21.7. The third kappa shape index (κ3) is 8.66. The van der Waals surface area contributed by atoms with Crippen LogP contribution < -0.4 is 14.2 Å². The first kappa shape index (κ1) is 33.6. The van der Waals surface area contributed by atoms with E-state index in [0.29, 0.717) is 36.5 Å². The number of aliphatic hydroxyl groups is 1. The van der Waals surface area contributed by atoms with E-state index in [-0.39, 0.29) is 36.8 Å². The van der Waals surface area contributed by atoms with Crippen molar-refractivity contribution in [1.29, 1.82) is 5.26 Å². The van der Waals surface area contributed by atoms with Crippen molar-refractivity contribution < 1.29 is 37.6 Å². The number of ether oxygens (including phenoxy) is 3. The maximum absolute atomic E-state index is 14.3. The zero-order chi connectivity index (χ0) is 32.6. The van der Waals surface area contributed by atoms with Crippen LogP contribution in [0.25, 0.3) is 0 Å². The fourth-order valence-corrected chi connectivity index (χ4v) is 6.78. The Hall–Kier alpha value is -4.31. The van der Waals surface area contributed by atoms with Crippen molar-refractivity contribution in [3.63, 3.8) is 0 Å². The lowest BCUT2D eigenvalue weighted by molar-refractivity contribution is -0.0370. The SMILES string of the molecule is CC(O)C(Cc1ccc(OCc2ccccc2)cc1)N(C(=O)O)N(CC(C)(C)CCCC#N)S(=O)(=O)c1ccc2c(c1)OCO2. The monoisotopic (exact) mass is 637 g/mol. The Kier molecular flexibility index (Phi) is 10.9. The normalized spacial score (nSPS) is 14.0. The first-order valence-corrected chi connectivity index (χ1v) is 16.1. The van der Waals surface area contributed by atoms with E-state index in [9.17, 15) is 23.4 Å². The molecule has 1 heterocycles. The van der Waals surface area contributed by atoms with Gasteiger partial charge in [0.25, 0.3) is 10.0 Å². The van der Waals surface area contributed by atoms with Crippen molar-refractivity contribution in [3.8, 4) is 23.3 Å². The standard InChI is InChI=1S/C33H39N3O8S/c1-24(37)29(19-25-11-13-27(14-12-25)42-21-26-9-5-4-6-10-26)36(32(38)39)35(22-33(2,3)17-7-8-18-34)45(40,41)28-15-16-30-31(20-28)44-23-43-30/h4-6,9-16,20,24,29,37H,7-8,17,19,21-23H2,1-3H3,(H,38,39). The summed E-state index contributed by atoms with van der Waals surface area (Å²) in [5.41, 5.74) is 0.953. The molecule has 4 rings (SSSR count). The zero-order valence-corrected chi connectivity index (χ0v) is 26.4. The molecule has 0 radical (unpaired) electrons. The zero-order valence-electron chi connectivity index (χ0n) is 25.6. The van der Waals surface area contributed by atoms with Gasteiger partial charge in [0.05, 0.1) is 23.1 Å². The number of carboxylic acid groups (broad SMARTS) is 1. The van der Waals surface area contributed by atoms with Gasteiger partial charge in [-0.3, -0.25) is 0 Å². The lowest BCUT2D eigenvalue weighted by Crippen LogP contribution is -2.59. The molecular weight excluding hydrogens is 598 g/mol. The summed E-state index contributed by atoms with van der Waals surface area (Å²) in [7, 11) is -4.50. The summed E-state index contributed by atoms with van der Waals surface area (Å²) < 4.78 is 46.0. The Bertz CT molecular complexity index is 1590. The van der Waals surface area contributed by atoms with Gasteiger partial charge in [-0.05, 0) is 67.0 Å². The fourth-order valence-electron chi connectivity index (χ4n) is 5.10. The number of benzene rings is 3. The molecule has 1 aliphatic rings. The van der Waals surface area contributed by atoms with Crippen molar-refractivity contribution in [3.05, 3.63) is 83.9 Å². The fraction of sp³-hybridized carbons (Fsp3) is 0.394. The highest BCUT2D eigenvalue weighted by Crippen LogP contribution is 2.37.